The fraction of sp³-hybridized carbons (Fsp3) is 0.415. The monoisotopic (exact) mass is 778 g/mol. The van der Waals surface area contributed by atoms with Crippen LogP contribution in [0.15, 0.2) is 72.9 Å². The van der Waals surface area contributed by atoms with Gasteiger partial charge in [-0.2, -0.15) is 11.8 Å². The van der Waals surface area contributed by atoms with Gasteiger partial charge in [0.15, 0.2) is 5.78 Å². The van der Waals surface area contributed by atoms with Crippen LogP contribution in [-0.4, -0.2) is 85.9 Å². The molecule has 4 rings (SSSR count). The molecule has 1 aliphatic heterocycles. The van der Waals surface area contributed by atoms with E-state index in [0.717, 1.165) is 46.5 Å². The van der Waals surface area contributed by atoms with Gasteiger partial charge in [-0.1, -0.05) is 51.1 Å². The molecule has 0 spiro atoms. The number of carboxylic acids is 1. The topological polar surface area (TPSA) is 160 Å². The molecule has 3 amide bonds. The molecule has 0 radical (unpaired) electrons. The first-order valence-electron chi connectivity index (χ1n) is 18.2. The third-order valence-electron chi connectivity index (χ3n) is 9.28. The van der Waals surface area contributed by atoms with Gasteiger partial charge in [-0.15, -0.1) is 0 Å². The zero-order chi connectivity index (χ0) is 40.3. The highest BCUT2D eigenvalue weighted by atomic mass is 32.2. The van der Waals surface area contributed by atoms with Crippen molar-refractivity contribution in [2.45, 2.75) is 65.5 Å². The van der Waals surface area contributed by atoms with Gasteiger partial charge >= 0.3 is 5.97 Å². The summed E-state index contributed by atoms with van der Waals surface area (Å²) in [6.07, 6.45) is 3.75. The van der Waals surface area contributed by atoms with Crippen molar-refractivity contribution < 1.29 is 42.7 Å². The van der Waals surface area contributed by atoms with Crippen molar-refractivity contribution in [2.24, 2.45) is 17.1 Å². The maximum Gasteiger partial charge on any atom is 0.306 e. The number of hydrogen-bond donors (Lipinski definition) is 2. The Kier molecular flexibility index (Phi) is 15.2. The molecular formula is C41H48F2N4O7S. The third kappa shape index (κ3) is 12.0. The Balaban J connectivity index is 1.45. The number of ketones is 2. The number of aromatic nitrogens is 1. The Labute approximate surface area is 323 Å². The Morgan fingerprint density at radius 3 is 2.27 bits per heavy atom. The minimum absolute atomic E-state index is 0.00606. The summed E-state index contributed by atoms with van der Waals surface area (Å²) in [5, 5.41) is 9.69. The number of nitrogens with two attached hydrogens (primary N) is 1. The van der Waals surface area contributed by atoms with E-state index in [4.69, 9.17) is 5.73 Å². The number of Topliss-reactive ketones (excluding diaryl/α,β-unsaturated/α-hetero) is 2. The number of carboxylic acid groups (broad SMARTS) is 1. The van der Waals surface area contributed by atoms with Gasteiger partial charge in [0.05, 0.1) is 24.3 Å². The van der Waals surface area contributed by atoms with E-state index in [2.05, 4.69) is 0 Å². The Morgan fingerprint density at radius 2 is 1.64 bits per heavy atom. The molecule has 2 heterocycles. The molecule has 11 nitrogen and oxygen atoms in total. The lowest BCUT2D eigenvalue weighted by Crippen LogP contribution is -2.44. The second-order valence-corrected chi connectivity index (χ2v) is 15.7. The molecule has 0 aliphatic carbocycles. The fourth-order valence-corrected chi connectivity index (χ4v) is 7.42. The highest BCUT2D eigenvalue weighted by Gasteiger charge is 2.37. The van der Waals surface area contributed by atoms with Crippen molar-refractivity contribution >= 4 is 47.0 Å². The van der Waals surface area contributed by atoms with E-state index in [0.29, 0.717) is 31.6 Å². The molecule has 294 valence electrons. The lowest BCUT2D eigenvalue weighted by Gasteiger charge is -2.41. The summed E-state index contributed by atoms with van der Waals surface area (Å²) in [6.45, 7) is 6.62. The molecule has 3 N–H and O–H groups in total. The van der Waals surface area contributed by atoms with Gasteiger partial charge in [0, 0.05) is 73.3 Å². The first kappa shape index (κ1) is 42.8. The number of benzene rings is 2. The van der Waals surface area contributed by atoms with Gasteiger partial charge in [-0.3, -0.25) is 33.7 Å². The smallest absolute Gasteiger partial charge is 0.306 e. The fourth-order valence-electron chi connectivity index (χ4n) is 6.57. The van der Waals surface area contributed by atoms with Crippen LogP contribution in [0.4, 0.5) is 8.78 Å². The molecule has 0 bridgehead atoms. The number of halogens is 2. The summed E-state index contributed by atoms with van der Waals surface area (Å²) >= 11 is 1.24. The first-order chi connectivity index (χ1) is 26.1. The van der Waals surface area contributed by atoms with Crippen LogP contribution in [0, 0.1) is 23.0 Å². The molecule has 14 heteroatoms. The van der Waals surface area contributed by atoms with Gasteiger partial charge in [0.1, 0.15) is 17.4 Å². The molecular weight excluding hydrogens is 731 g/mol. The number of rotatable bonds is 21. The summed E-state index contributed by atoms with van der Waals surface area (Å²) in [5.74, 6) is -5.49. The zero-order valence-corrected chi connectivity index (χ0v) is 32.2. The number of hydrogen-bond acceptors (Lipinski definition) is 8. The predicted octanol–water partition coefficient (Wildman–Crippen LogP) is 5.80. The minimum Gasteiger partial charge on any atom is -0.481 e. The Bertz CT molecular complexity index is 1890. The Hall–Kier alpha value is -4.95. The van der Waals surface area contributed by atoms with Crippen LogP contribution in [0.2, 0.25) is 0 Å². The van der Waals surface area contributed by atoms with E-state index in [1.165, 1.54) is 11.8 Å². The van der Waals surface area contributed by atoms with E-state index in [-0.39, 0.29) is 54.4 Å². The summed E-state index contributed by atoms with van der Waals surface area (Å²) in [7, 11) is 0. The molecule has 1 aliphatic rings. The van der Waals surface area contributed by atoms with E-state index < -0.39 is 59.1 Å². The number of carbonyl (C=O) groups is 6. The Morgan fingerprint density at radius 1 is 0.945 bits per heavy atom. The molecule has 2 atom stereocenters. The number of amides is 3. The van der Waals surface area contributed by atoms with Crippen molar-refractivity contribution in [3.63, 3.8) is 0 Å². The normalized spacial score (nSPS) is 14.0. The third-order valence-corrected chi connectivity index (χ3v) is 10.2. The molecule has 55 heavy (non-hydrogen) atoms. The van der Waals surface area contributed by atoms with Crippen molar-refractivity contribution in [3.05, 3.63) is 95.8 Å². The van der Waals surface area contributed by atoms with Crippen LogP contribution < -0.4 is 5.73 Å². The van der Waals surface area contributed by atoms with Crippen molar-refractivity contribution in [1.29, 1.82) is 0 Å². The van der Waals surface area contributed by atoms with Crippen molar-refractivity contribution in [2.75, 3.05) is 31.1 Å². The standard InChI is InChI=1S/C41H48F2N4O7S/c1-41(2,3)39(35-21-29(33-22-30(42)11-13-34(33)43)24-45(35)23-27-8-5-4-6-9-27)46(18-7-17-44)38(52)26-55-19-16-31(48)20-28(40(53)54)10-12-32(49)25-47-36(50)14-15-37(47)51/h4-6,8-9,11,13-15,21-22,24,28,39H,7,10,12,16-20,23,25-26,44H2,1-3H3,(H,53,54)/t28-,39-/m0/s1. The highest BCUT2D eigenvalue weighted by Crippen LogP contribution is 2.41. The lowest BCUT2D eigenvalue weighted by atomic mass is 9.83. The van der Waals surface area contributed by atoms with Crippen LogP contribution in [-0.2, 0) is 35.3 Å². The summed E-state index contributed by atoms with van der Waals surface area (Å²) in [6, 6.07) is 14.3. The SMILES string of the molecule is CC(C)(C)[C@H](c1cc(-c2cc(F)ccc2F)cn1Cc1ccccc1)N(CCCN)C(=O)CSCCC(=O)C[C@H](CCC(=O)CN1C(=O)C=CC1=O)C(=O)O. The summed E-state index contributed by atoms with van der Waals surface area (Å²) < 4.78 is 31.4. The quantitative estimate of drug-likeness (QED) is 0.101. The van der Waals surface area contributed by atoms with Crippen LogP contribution in [0.5, 0.6) is 0 Å². The predicted molar refractivity (Wildman–Crippen MR) is 206 cm³/mol. The van der Waals surface area contributed by atoms with Crippen LogP contribution in [0.3, 0.4) is 0 Å². The first-order valence-corrected chi connectivity index (χ1v) is 19.3. The zero-order valence-electron chi connectivity index (χ0n) is 31.3. The lowest BCUT2D eigenvalue weighted by molar-refractivity contribution is -0.145. The van der Waals surface area contributed by atoms with Crippen LogP contribution in [0.1, 0.15) is 70.2 Å². The molecule has 2 aromatic carbocycles. The van der Waals surface area contributed by atoms with E-state index in [1.54, 1.807) is 17.2 Å². The second-order valence-electron chi connectivity index (χ2n) is 14.6. The maximum atomic E-state index is 15.1. The van der Waals surface area contributed by atoms with Gasteiger partial charge in [-0.05, 0) is 54.6 Å². The molecule has 0 fully saturated rings. The molecule has 0 saturated carbocycles. The molecule has 0 unspecified atom stereocenters. The highest BCUT2D eigenvalue weighted by molar-refractivity contribution is 7.99. The summed E-state index contributed by atoms with van der Waals surface area (Å²) in [4.78, 5) is 77.2. The van der Waals surface area contributed by atoms with Crippen LogP contribution in [0.25, 0.3) is 11.1 Å². The van der Waals surface area contributed by atoms with Crippen molar-refractivity contribution in [1.82, 2.24) is 14.4 Å². The van der Waals surface area contributed by atoms with Gasteiger partial charge < -0.3 is 20.3 Å². The second kappa shape index (κ2) is 19.6. The van der Waals surface area contributed by atoms with E-state index in [9.17, 15) is 38.3 Å². The molecule has 0 saturated heterocycles. The van der Waals surface area contributed by atoms with Gasteiger partial charge in [0.2, 0.25) is 5.91 Å². The van der Waals surface area contributed by atoms with E-state index >= 15 is 4.39 Å². The van der Waals surface area contributed by atoms with E-state index in [1.807, 2.05) is 55.7 Å². The number of nitrogens with zero attached hydrogens (tertiary/aromatic N) is 3. The van der Waals surface area contributed by atoms with Crippen LogP contribution >= 0.6 is 11.8 Å². The maximum absolute atomic E-state index is 15.1. The van der Waals surface area contributed by atoms with Gasteiger partial charge in [0.25, 0.3) is 11.8 Å². The molecule has 1 aromatic heterocycles. The average molecular weight is 779 g/mol. The largest absolute Gasteiger partial charge is 0.481 e. The number of carbonyl (C=O) groups excluding carboxylic acids is 5. The number of imide groups is 1. The number of aliphatic carboxylic acids is 1. The van der Waals surface area contributed by atoms with Crippen molar-refractivity contribution in [3.8, 4) is 11.1 Å². The number of thioether (sulfide) groups is 1. The average Bonchev–Trinajstić information content (AvgIpc) is 3.68. The van der Waals surface area contributed by atoms with Gasteiger partial charge in [-0.25, -0.2) is 8.78 Å². The summed E-state index contributed by atoms with van der Waals surface area (Å²) in [5.41, 5.74) is 7.66. The molecule has 3 aromatic rings. The minimum atomic E-state index is -1.23.